The van der Waals surface area contributed by atoms with Gasteiger partial charge >= 0.3 is 0 Å². The Kier molecular flexibility index (Phi) is 4.62. The topological polar surface area (TPSA) is 38.1 Å². The molecule has 0 aliphatic carbocycles. The van der Waals surface area contributed by atoms with Crippen LogP contribution in [-0.2, 0) is 7.05 Å². The molecule has 3 heterocycles. The summed E-state index contributed by atoms with van der Waals surface area (Å²) < 4.78 is 1.60. The van der Waals surface area contributed by atoms with E-state index in [9.17, 15) is 4.79 Å². The van der Waals surface area contributed by atoms with Crippen LogP contribution < -0.4 is 5.56 Å². The smallest absolute Gasteiger partial charge is 0.250 e. The van der Waals surface area contributed by atoms with Gasteiger partial charge in [-0.1, -0.05) is 6.07 Å². The van der Waals surface area contributed by atoms with Gasteiger partial charge in [0, 0.05) is 48.7 Å². The monoisotopic (exact) mass is 311 g/mol. The highest BCUT2D eigenvalue weighted by molar-refractivity contribution is 5.61. The lowest BCUT2D eigenvalue weighted by Gasteiger charge is -2.34. The normalized spacial score (nSPS) is 16.9. The van der Waals surface area contributed by atoms with Crippen molar-refractivity contribution >= 4 is 0 Å². The van der Waals surface area contributed by atoms with Crippen LogP contribution in [-0.4, -0.2) is 33.6 Å². The molecule has 2 aromatic heterocycles. The van der Waals surface area contributed by atoms with Crippen LogP contribution in [0, 0.1) is 0 Å². The number of hydrogen-bond acceptors (Lipinski definition) is 3. The van der Waals surface area contributed by atoms with Gasteiger partial charge in [-0.15, -0.1) is 0 Å². The molecule has 2 aromatic rings. The van der Waals surface area contributed by atoms with Crippen molar-refractivity contribution in [1.82, 2.24) is 14.5 Å². The third-order valence-corrected chi connectivity index (χ3v) is 4.88. The number of aromatic nitrogens is 2. The largest absolute Gasteiger partial charge is 0.318 e. The van der Waals surface area contributed by atoms with Crippen molar-refractivity contribution in [3.63, 3.8) is 0 Å². The summed E-state index contributed by atoms with van der Waals surface area (Å²) in [6, 6.07) is 8.37. The fourth-order valence-electron chi connectivity index (χ4n) is 3.29. The summed E-state index contributed by atoms with van der Waals surface area (Å²) in [6.07, 6.45) is 6.17. The quantitative estimate of drug-likeness (QED) is 0.874. The average molecular weight is 311 g/mol. The van der Waals surface area contributed by atoms with Crippen molar-refractivity contribution in [2.24, 2.45) is 7.05 Å². The first-order valence-electron chi connectivity index (χ1n) is 8.41. The summed E-state index contributed by atoms with van der Waals surface area (Å²) in [6.45, 7) is 6.85. The van der Waals surface area contributed by atoms with E-state index in [2.05, 4.69) is 30.9 Å². The Morgan fingerprint density at radius 2 is 1.78 bits per heavy atom. The minimum atomic E-state index is 0.00948. The van der Waals surface area contributed by atoms with Crippen molar-refractivity contribution in [2.45, 2.75) is 38.6 Å². The molecule has 4 heteroatoms. The third-order valence-electron chi connectivity index (χ3n) is 4.88. The van der Waals surface area contributed by atoms with E-state index >= 15 is 0 Å². The van der Waals surface area contributed by atoms with Crippen LogP contribution in [0.2, 0.25) is 0 Å². The van der Waals surface area contributed by atoms with E-state index < -0.39 is 0 Å². The molecule has 1 aliphatic heterocycles. The van der Waals surface area contributed by atoms with E-state index in [1.165, 1.54) is 18.5 Å². The van der Waals surface area contributed by atoms with E-state index in [0.717, 1.165) is 24.2 Å². The van der Waals surface area contributed by atoms with Crippen molar-refractivity contribution in [3.8, 4) is 11.1 Å². The van der Waals surface area contributed by atoms with E-state index in [4.69, 9.17) is 4.98 Å². The van der Waals surface area contributed by atoms with Gasteiger partial charge in [0.05, 0.1) is 0 Å². The van der Waals surface area contributed by atoms with E-state index in [-0.39, 0.29) is 5.56 Å². The van der Waals surface area contributed by atoms with Crippen molar-refractivity contribution in [3.05, 3.63) is 52.7 Å². The molecular weight excluding hydrogens is 286 g/mol. The molecule has 1 saturated heterocycles. The first-order chi connectivity index (χ1) is 11.0. The molecule has 23 heavy (non-hydrogen) atoms. The maximum absolute atomic E-state index is 11.5. The van der Waals surface area contributed by atoms with Gasteiger partial charge in [-0.2, -0.15) is 0 Å². The molecule has 0 atom stereocenters. The number of piperidine rings is 1. The van der Waals surface area contributed by atoms with Gasteiger partial charge in [-0.25, -0.2) is 0 Å². The molecule has 3 rings (SSSR count). The van der Waals surface area contributed by atoms with Gasteiger partial charge in [0.2, 0.25) is 5.56 Å². The van der Waals surface area contributed by atoms with Crippen molar-refractivity contribution < 1.29 is 0 Å². The lowest BCUT2D eigenvalue weighted by atomic mass is 9.92. The molecule has 0 amide bonds. The van der Waals surface area contributed by atoms with Gasteiger partial charge in [-0.05, 0) is 57.5 Å². The summed E-state index contributed by atoms with van der Waals surface area (Å²) in [4.78, 5) is 18.7. The van der Waals surface area contributed by atoms with E-state index in [1.807, 2.05) is 18.5 Å². The highest BCUT2D eigenvalue weighted by Gasteiger charge is 2.22. The van der Waals surface area contributed by atoms with Gasteiger partial charge in [-0.3, -0.25) is 9.78 Å². The molecule has 0 bridgehead atoms. The minimum Gasteiger partial charge on any atom is -0.318 e. The maximum atomic E-state index is 11.5. The summed E-state index contributed by atoms with van der Waals surface area (Å²) in [5.74, 6) is 0.569. The molecule has 0 aromatic carbocycles. The van der Waals surface area contributed by atoms with E-state index in [1.54, 1.807) is 17.7 Å². The molecular formula is C19H25N3O. The highest BCUT2D eigenvalue weighted by Crippen LogP contribution is 2.28. The lowest BCUT2D eigenvalue weighted by molar-refractivity contribution is 0.171. The number of rotatable bonds is 3. The van der Waals surface area contributed by atoms with Crippen LogP contribution in [0.1, 0.15) is 38.3 Å². The van der Waals surface area contributed by atoms with Crippen molar-refractivity contribution in [1.29, 1.82) is 0 Å². The van der Waals surface area contributed by atoms with Crippen LogP contribution in [0.15, 0.2) is 41.5 Å². The zero-order valence-electron chi connectivity index (χ0n) is 14.2. The first-order valence-corrected chi connectivity index (χ1v) is 8.41. The average Bonchev–Trinajstić information content (AvgIpc) is 2.57. The van der Waals surface area contributed by atoms with Crippen LogP contribution in [0.4, 0.5) is 0 Å². The van der Waals surface area contributed by atoms with Gasteiger partial charge in [0.1, 0.15) is 0 Å². The molecule has 4 nitrogen and oxygen atoms in total. The van der Waals surface area contributed by atoms with Crippen LogP contribution >= 0.6 is 0 Å². The zero-order chi connectivity index (χ0) is 16.4. The summed E-state index contributed by atoms with van der Waals surface area (Å²) in [5, 5.41) is 0. The molecule has 0 saturated carbocycles. The predicted molar refractivity (Wildman–Crippen MR) is 93.6 cm³/mol. The van der Waals surface area contributed by atoms with Crippen LogP contribution in [0.3, 0.4) is 0 Å². The van der Waals surface area contributed by atoms with Crippen LogP contribution in [0.5, 0.6) is 0 Å². The second-order valence-corrected chi connectivity index (χ2v) is 6.74. The summed E-state index contributed by atoms with van der Waals surface area (Å²) in [5.41, 5.74) is 3.29. The summed E-state index contributed by atoms with van der Waals surface area (Å²) >= 11 is 0. The van der Waals surface area contributed by atoms with Gasteiger partial charge in [0.15, 0.2) is 0 Å². The third kappa shape index (κ3) is 3.53. The molecule has 122 valence electrons. The number of likely N-dealkylation sites (tertiary alicyclic amines) is 1. The van der Waals surface area contributed by atoms with Gasteiger partial charge < -0.3 is 9.47 Å². The molecule has 0 N–H and O–H groups in total. The lowest BCUT2D eigenvalue weighted by Crippen LogP contribution is -2.37. The SMILES string of the molecule is CC(C)N1CCC(c2ccc(-c3ccc(=O)n(C)c3)cn2)CC1. The number of hydrogen-bond donors (Lipinski definition) is 0. The Bertz CT molecular complexity index is 710. The Labute approximate surface area is 137 Å². The molecule has 1 fully saturated rings. The first kappa shape index (κ1) is 15.9. The van der Waals surface area contributed by atoms with E-state index in [0.29, 0.717) is 12.0 Å². The zero-order valence-corrected chi connectivity index (χ0v) is 14.2. The number of aryl methyl sites for hydroxylation is 1. The van der Waals surface area contributed by atoms with Crippen molar-refractivity contribution in [2.75, 3.05) is 13.1 Å². The Balaban J connectivity index is 1.72. The molecule has 0 unspecified atom stereocenters. The fraction of sp³-hybridized carbons (Fsp3) is 0.474. The molecule has 1 aliphatic rings. The summed E-state index contributed by atoms with van der Waals surface area (Å²) in [7, 11) is 1.77. The molecule has 0 spiro atoms. The Morgan fingerprint density at radius 3 is 2.35 bits per heavy atom. The maximum Gasteiger partial charge on any atom is 0.250 e. The fourth-order valence-corrected chi connectivity index (χ4v) is 3.29. The minimum absolute atomic E-state index is 0.00948. The number of pyridine rings is 2. The standard InChI is InChI=1S/C19H25N3O/c1-14(2)22-10-8-15(9-11-22)18-6-4-16(12-20-18)17-5-7-19(23)21(3)13-17/h4-7,12-15H,8-11H2,1-3H3. The second kappa shape index (κ2) is 6.67. The number of nitrogens with zero attached hydrogens (tertiary/aromatic N) is 3. The predicted octanol–water partition coefficient (Wildman–Crippen LogP) is 3.04. The van der Waals surface area contributed by atoms with Crippen LogP contribution in [0.25, 0.3) is 11.1 Å². The van der Waals surface area contributed by atoms with Gasteiger partial charge in [0.25, 0.3) is 0 Å². The Morgan fingerprint density at radius 1 is 1.09 bits per heavy atom. The Hall–Kier alpha value is -1.94. The second-order valence-electron chi connectivity index (χ2n) is 6.74. The highest BCUT2D eigenvalue weighted by atomic mass is 16.1. The molecule has 0 radical (unpaired) electrons.